The van der Waals surface area contributed by atoms with Gasteiger partial charge >= 0.3 is 5.97 Å². The predicted octanol–water partition coefficient (Wildman–Crippen LogP) is 3.75. The molecule has 0 radical (unpaired) electrons. The third-order valence-electron chi connectivity index (χ3n) is 3.45. The monoisotopic (exact) mass is 363 g/mol. The van der Waals surface area contributed by atoms with Crippen LogP contribution in [0.25, 0.3) is 0 Å². The summed E-state index contributed by atoms with van der Waals surface area (Å²) in [5.74, 6) is 0.415. The molecule has 7 heteroatoms. The van der Waals surface area contributed by atoms with Gasteiger partial charge in [-0.2, -0.15) is 0 Å². The highest BCUT2D eigenvalue weighted by Gasteiger charge is 2.18. The van der Waals surface area contributed by atoms with E-state index in [9.17, 15) is 9.59 Å². The van der Waals surface area contributed by atoms with Crippen molar-refractivity contribution in [2.45, 2.75) is 11.5 Å². The van der Waals surface area contributed by atoms with Crippen molar-refractivity contribution in [3.8, 4) is 5.75 Å². The Morgan fingerprint density at radius 2 is 2.12 bits per heavy atom. The summed E-state index contributed by atoms with van der Waals surface area (Å²) in [6, 6.07) is 10.2. The fourth-order valence-electron chi connectivity index (χ4n) is 2.30. The molecule has 0 unspecified atom stereocenters. The number of thioether (sulfide) groups is 1. The molecule has 124 valence electrons. The van der Waals surface area contributed by atoms with E-state index in [4.69, 9.17) is 21.1 Å². The summed E-state index contributed by atoms with van der Waals surface area (Å²) in [5.41, 5.74) is 1.68. The summed E-state index contributed by atoms with van der Waals surface area (Å²) in [6.07, 6.45) is 0. The molecule has 1 N–H and O–H groups in total. The van der Waals surface area contributed by atoms with Crippen molar-refractivity contribution in [2.75, 3.05) is 18.2 Å². The highest BCUT2D eigenvalue weighted by Crippen LogP contribution is 2.32. The number of anilines is 1. The number of amides is 1. The van der Waals surface area contributed by atoms with Gasteiger partial charge in [-0.3, -0.25) is 4.79 Å². The van der Waals surface area contributed by atoms with Crippen molar-refractivity contribution in [2.24, 2.45) is 0 Å². The number of halogens is 1. The molecule has 0 spiro atoms. The van der Waals surface area contributed by atoms with Gasteiger partial charge in [-0.25, -0.2) is 4.79 Å². The molecule has 0 saturated heterocycles. The molecular formula is C17H14ClNO4S. The van der Waals surface area contributed by atoms with Crippen LogP contribution in [0.4, 0.5) is 5.69 Å². The first-order chi connectivity index (χ1) is 11.6. The molecule has 0 bridgehead atoms. The Morgan fingerprint density at radius 3 is 2.92 bits per heavy atom. The van der Waals surface area contributed by atoms with Crippen LogP contribution in [-0.4, -0.2) is 24.7 Å². The van der Waals surface area contributed by atoms with E-state index in [2.05, 4.69) is 5.32 Å². The zero-order chi connectivity index (χ0) is 17.1. The average molecular weight is 364 g/mol. The highest BCUT2D eigenvalue weighted by molar-refractivity contribution is 8.00. The zero-order valence-electron chi connectivity index (χ0n) is 12.8. The number of fused-ring (bicyclic) bond motifs is 1. The average Bonchev–Trinajstić information content (AvgIpc) is 2.59. The van der Waals surface area contributed by atoms with Gasteiger partial charge in [0.15, 0.2) is 0 Å². The fourth-order valence-corrected chi connectivity index (χ4v) is 3.28. The number of carbonyl (C=O) groups excluding carboxylic acids is 2. The van der Waals surface area contributed by atoms with Gasteiger partial charge in [0.05, 0.1) is 24.1 Å². The Hall–Kier alpha value is -2.18. The number of carbonyl (C=O) groups is 2. The lowest BCUT2D eigenvalue weighted by atomic mass is 10.2. The first-order valence-corrected chi connectivity index (χ1v) is 8.49. The van der Waals surface area contributed by atoms with Crippen LogP contribution in [-0.2, 0) is 16.1 Å². The summed E-state index contributed by atoms with van der Waals surface area (Å²) >= 11 is 7.40. The Kier molecular flexibility index (Phi) is 4.97. The van der Waals surface area contributed by atoms with Crippen LogP contribution in [0, 0.1) is 0 Å². The number of hydrogen-bond donors (Lipinski definition) is 1. The van der Waals surface area contributed by atoms with Gasteiger partial charge in [0.25, 0.3) is 0 Å². The molecule has 1 aliphatic rings. The maximum atomic E-state index is 12.3. The van der Waals surface area contributed by atoms with Gasteiger partial charge in [0, 0.05) is 15.5 Å². The van der Waals surface area contributed by atoms with Crippen molar-refractivity contribution >= 4 is 40.9 Å². The second kappa shape index (κ2) is 7.15. The van der Waals surface area contributed by atoms with E-state index in [1.165, 1.54) is 11.8 Å². The van der Waals surface area contributed by atoms with Crippen molar-refractivity contribution in [1.82, 2.24) is 0 Å². The third kappa shape index (κ3) is 3.66. The molecule has 3 rings (SSSR count). The van der Waals surface area contributed by atoms with E-state index in [1.807, 2.05) is 0 Å². The molecule has 24 heavy (non-hydrogen) atoms. The van der Waals surface area contributed by atoms with E-state index in [-0.39, 0.29) is 12.5 Å². The number of methoxy groups -OCH3 is 1. The second-order valence-electron chi connectivity index (χ2n) is 5.08. The van der Waals surface area contributed by atoms with Crippen LogP contribution in [0.15, 0.2) is 41.3 Å². The van der Waals surface area contributed by atoms with Gasteiger partial charge in [-0.05, 0) is 36.4 Å². The SMILES string of the molecule is COc1ccc(Cl)cc1COC(=O)c1ccc2c(c1)NC(=O)CS2. The summed E-state index contributed by atoms with van der Waals surface area (Å²) in [7, 11) is 1.54. The van der Waals surface area contributed by atoms with Crippen LogP contribution in [0.3, 0.4) is 0 Å². The minimum atomic E-state index is -0.482. The number of rotatable bonds is 4. The van der Waals surface area contributed by atoms with Crippen molar-refractivity contribution in [3.63, 3.8) is 0 Å². The van der Waals surface area contributed by atoms with Crippen molar-refractivity contribution in [3.05, 3.63) is 52.5 Å². The maximum absolute atomic E-state index is 12.3. The number of esters is 1. The normalized spacial score (nSPS) is 13.0. The molecule has 1 amide bonds. The maximum Gasteiger partial charge on any atom is 0.338 e. The lowest BCUT2D eigenvalue weighted by Crippen LogP contribution is -2.19. The Bertz CT molecular complexity index is 809. The van der Waals surface area contributed by atoms with Crippen molar-refractivity contribution in [1.29, 1.82) is 0 Å². The van der Waals surface area contributed by atoms with Gasteiger partial charge in [0.2, 0.25) is 5.91 Å². The van der Waals surface area contributed by atoms with Gasteiger partial charge in [-0.1, -0.05) is 11.6 Å². The number of ether oxygens (including phenoxy) is 2. The molecule has 2 aromatic carbocycles. The Labute approximate surface area is 148 Å². The molecule has 0 aromatic heterocycles. The summed E-state index contributed by atoms with van der Waals surface area (Å²) in [5, 5.41) is 3.29. The lowest BCUT2D eigenvalue weighted by Gasteiger charge is -2.16. The van der Waals surface area contributed by atoms with E-state index < -0.39 is 5.97 Å². The van der Waals surface area contributed by atoms with Crippen LogP contribution in [0.5, 0.6) is 5.75 Å². The summed E-state index contributed by atoms with van der Waals surface area (Å²) < 4.78 is 10.6. The van der Waals surface area contributed by atoms with Crippen molar-refractivity contribution < 1.29 is 19.1 Å². The Balaban J connectivity index is 1.73. The van der Waals surface area contributed by atoms with Crippen LogP contribution < -0.4 is 10.1 Å². The molecular weight excluding hydrogens is 350 g/mol. The van der Waals surface area contributed by atoms with Gasteiger partial charge in [-0.15, -0.1) is 11.8 Å². The topological polar surface area (TPSA) is 64.6 Å². The molecule has 1 heterocycles. The minimum absolute atomic E-state index is 0.0424. The lowest BCUT2D eigenvalue weighted by molar-refractivity contribution is -0.113. The molecule has 0 aliphatic carbocycles. The number of benzene rings is 2. The predicted molar refractivity (Wildman–Crippen MR) is 92.9 cm³/mol. The molecule has 0 fully saturated rings. The third-order valence-corrected chi connectivity index (χ3v) is 4.76. The molecule has 5 nitrogen and oxygen atoms in total. The summed E-state index contributed by atoms with van der Waals surface area (Å²) in [4.78, 5) is 24.6. The number of hydrogen-bond acceptors (Lipinski definition) is 5. The van der Waals surface area contributed by atoms with E-state index >= 15 is 0 Å². The molecule has 0 saturated carbocycles. The zero-order valence-corrected chi connectivity index (χ0v) is 14.4. The largest absolute Gasteiger partial charge is 0.496 e. The van der Waals surface area contributed by atoms with E-state index in [1.54, 1.807) is 43.5 Å². The quantitative estimate of drug-likeness (QED) is 0.838. The fraction of sp³-hybridized carbons (Fsp3) is 0.176. The van der Waals surface area contributed by atoms with Gasteiger partial charge in [0.1, 0.15) is 12.4 Å². The van der Waals surface area contributed by atoms with Gasteiger partial charge < -0.3 is 14.8 Å². The first-order valence-electron chi connectivity index (χ1n) is 7.13. The van der Waals surface area contributed by atoms with Crippen LogP contribution >= 0.6 is 23.4 Å². The smallest absolute Gasteiger partial charge is 0.338 e. The molecule has 0 atom stereocenters. The Morgan fingerprint density at radius 1 is 1.29 bits per heavy atom. The standard InChI is InChI=1S/C17H14ClNO4S/c1-22-14-4-3-12(18)6-11(14)8-23-17(21)10-2-5-15-13(7-10)19-16(20)9-24-15/h2-7H,8-9H2,1H3,(H,19,20). The molecule has 1 aliphatic heterocycles. The first kappa shape index (κ1) is 16.7. The summed E-state index contributed by atoms with van der Waals surface area (Å²) in [6.45, 7) is 0.0424. The highest BCUT2D eigenvalue weighted by atomic mass is 35.5. The van der Waals surface area contributed by atoms with E-state index in [0.717, 1.165) is 4.90 Å². The second-order valence-corrected chi connectivity index (χ2v) is 6.53. The van der Waals surface area contributed by atoms with Crippen LogP contribution in [0.2, 0.25) is 5.02 Å². The molecule has 2 aromatic rings. The minimum Gasteiger partial charge on any atom is -0.496 e. The van der Waals surface area contributed by atoms with E-state index in [0.29, 0.717) is 33.3 Å². The van der Waals surface area contributed by atoms with Crippen LogP contribution in [0.1, 0.15) is 15.9 Å². The number of nitrogens with one attached hydrogen (secondary N) is 1.